The SMILES string of the molecule is CC(C)CCNc1ccc(C(=O)Nc2ccc(C(C)C)cc2)cn1. The highest BCUT2D eigenvalue weighted by molar-refractivity contribution is 6.04. The summed E-state index contributed by atoms with van der Waals surface area (Å²) in [5, 5.41) is 6.17. The fourth-order valence-corrected chi connectivity index (χ4v) is 2.28. The minimum atomic E-state index is -0.145. The van der Waals surface area contributed by atoms with Gasteiger partial charge in [-0.3, -0.25) is 4.79 Å². The van der Waals surface area contributed by atoms with Crippen LogP contribution in [0, 0.1) is 5.92 Å². The molecular weight excluding hydrogens is 298 g/mol. The molecule has 0 radical (unpaired) electrons. The van der Waals surface area contributed by atoms with Crippen LogP contribution in [-0.2, 0) is 0 Å². The number of carbonyl (C=O) groups is 1. The summed E-state index contributed by atoms with van der Waals surface area (Å²) < 4.78 is 0. The smallest absolute Gasteiger partial charge is 0.257 e. The first-order chi connectivity index (χ1) is 11.5. The normalized spacial score (nSPS) is 10.9. The van der Waals surface area contributed by atoms with E-state index in [4.69, 9.17) is 0 Å². The maximum Gasteiger partial charge on any atom is 0.257 e. The lowest BCUT2D eigenvalue weighted by Crippen LogP contribution is -2.13. The lowest BCUT2D eigenvalue weighted by molar-refractivity contribution is 0.102. The Bertz CT molecular complexity index is 646. The molecular formula is C20H27N3O. The molecule has 1 amide bonds. The number of hydrogen-bond donors (Lipinski definition) is 2. The summed E-state index contributed by atoms with van der Waals surface area (Å²) in [6, 6.07) is 11.6. The van der Waals surface area contributed by atoms with E-state index in [2.05, 4.69) is 43.3 Å². The van der Waals surface area contributed by atoms with Gasteiger partial charge in [0, 0.05) is 18.4 Å². The molecule has 2 rings (SSSR count). The minimum Gasteiger partial charge on any atom is -0.370 e. The highest BCUT2D eigenvalue weighted by Gasteiger charge is 2.07. The number of benzene rings is 1. The van der Waals surface area contributed by atoms with Gasteiger partial charge in [-0.05, 0) is 48.1 Å². The molecule has 0 aliphatic carbocycles. The van der Waals surface area contributed by atoms with Crippen molar-refractivity contribution < 1.29 is 4.79 Å². The maximum atomic E-state index is 12.3. The molecule has 0 spiro atoms. The molecule has 1 aromatic carbocycles. The summed E-state index contributed by atoms with van der Waals surface area (Å²) in [6.07, 6.45) is 2.70. The molecule has 0 saturated carbocycles. The maximum absolute atomic E-state index is 12.3. The molecule has 0 bridgehead atoms. The molecule has 0 aliphatic rings. The van der Waals surface area contributed by atoms with Crippen LogP contribution in [0.1, 0.15) is 56.0 Å². The summed E-state index contributed by atoms with van der Waals surface area (Å²) in [4.78, 5) is 16.6. The lowest BCUT2D eigenvalue weighted by Gasteiger charge is -2.10. The van der Waals surface area contributed by atoms with Crippen LogP contribution in [0.5, 0.6) is 0 Å². The summed E-state index contributed by atoms with van der Waals surface area (Å²) in [7, 11) is 0. The Balaban J connectivity index is 1.92. The highest BCUT2D eigenvalue weighted by Crippen LogP contribution is 2.18. The third-order valence-corrected chi connectivity index (χ3v) is 3.89. The molecule has 2 aromatic rings. The highest BCUT2D eigenvalue weighted by atomic mass is 16.1. The largest absolute Gasteiger partial charge is 0.370 e. The number of anilines is 2. The molecule has 0 saturated heterocycles. The first-order valence-electron chi connectivity index (χ1n) is 8.57. The molecule has 0 unspecified atom stereocenters. The number of nitrogens with zero attached hydrogens (tertiary/aromatic N) is 1. The van der Waals surface area contributed by atoms with Crippen LogP contribution in [0.3, 0.4) is 0 Å². The summed E-state index contributed by atoms with van der Waals surface area (Å²) >= 11 is 0. The van der Waals surface area contributed by atoms with E-state index in [0.29, 0.717) is 17.4 Å². The Morgan fingerprint density at radius 3 is 2.29 bits per heavy atom. The van der Waals surface area contributed by atoms with Crippen molar-refractivity contribution in [3.8, 4) is 0 Å². The molecule has 1 aromatic heterocycles. The van der Waals surface area contributed by atoms with Gasteiger partial charge in [-0.15, -0.1) is 0 Å². The summed E-state index contributed by atoms with van der Waals surface area (Å²) in [5.41, 5.74) is 2.60. The fourth-order valence-electron chi connectivity index (χ4n) is 2.28. The van der Waals surface area contributed by atoms with Gasteiger partial charge in [-0.25, -0.2) is 4.98 Å². The van der Waals surface area contributed by atoms with Crippen LogP contribution in [0.4, 0.5) is 11.5 Å². The molecule has 24 heavy (non-hydrogen) atoms. The van der Waals surface area contributed by atoms with Gasteiger partial charge in [-0.2, -0.15) is 0 Å². The van der Waals surface area contributed by atoms with Crippen LogP contribution >= 0.6 is 0 Å². The molecule has 128 valence electrons. The van der Waals surface area contributed by atoms with Crippen molar-refractivity contribution >= 4 is 17.4 Å². The summed E-state index contributed by atoms with van der Waals surface area (Å²) in [6.45, 7) is 9.57. The van der Waals surface area contributed by atoms with E-state index in [9.17, 15) is 4.79 Å². The van der Waals surface area contributed by atoms with E-state index in [1.54, 1.807) is 12.3 Å². The second kappa shape index (κ2) is 8.48. The second-order valence-electron chi connectivity index (χ2n) is 6.77. The monoisotopic (exact) mass is 325 g/mol. The van der Waals surface area contributed by atoms with Crippen molar-refractivity contribution in [1.82, 2.24) is 4.98 Å². The third kappa shape index (κ3) is 5.37. The number of aromatic nitrogens is 1. The van der Waals surface area contributed by atoms with Gasteiger partial charge >= 0.3 is 0 Å². The van der Waals surface area contributed by atoms with Crippen LogP contribution in [0.25, 0.3) is 0 Å². The van der Waals surface area contributed by atoms with Crippen molar-refractivity contribution in [1.29, 1.82) is 0 Å². The average molecular weight is 325 g/mol. The third-order valence-electron chi connectivity index (χ3n) is 3.89. The zero-order valence-corrected chi connectivity index (χ0v) is 15.0. The molecule has 4 heteroatoms. The Morgan fingerprint density at radius 1 is 1.04 bits per heavy atom. The average Bonchev–Trinajstić information content (AvgIpc) is 2.55. The predicted octanol–water partition coefficient (Wildman–Crippen LogP) is 4.92. The summed E-state index contributed by atoms with van der Waals surface area (Å²) in [5.74, 6) is 1.79. The van der Waals surface area contributed by atoms with E-state index < -0.39 is 0 Å². The van der Waals surface area contributed by atoms with Crippen molar-refractivity contribution in [3.63, 3.8) is 0 Å². The zero-order valence-electron chi connectivity index (χ0n) is 15.0. The number of amides is 1. The van der Waals surface area contributed by atoms with E-state index in [-0.39, 0.29) is 5.91 Å². The van der Waals surface area contributed by atoms with Crippen molar-refractivity contribution in [2.24, 2.45) is 5.92 Å². The Morgan fingerprint density at radius 2 is 1.75 bits per heavy atom. The molecule has 2 N–H and O–H groups in total. The Kier molecular flexibility index (Phi) is 6.36. The first-order valence-corrected chi connectivity index (χ1v) is 8.57. The van der Waals surface area contributed by atoms with Gasteiger partial charge in [0.15, 0.2) is 0 Å². The number of carbonyl (C=O) groups excluding carboxylic acids is 1. The topological polar surface area (TPSA) is 54.0 Å². The number of rotatable bonds is 7. The van der Waals surface area contributed by atoms with Crippen molar-refractivity contribution in [3.05, 3.63) is 53.7 Å². The van der Waals surface area contributed by atoms with Gasteiger partial charge < -0.3 is 10.6 Å². The number of pyridine rings is 1. The van der Waals surface area contributed by atoms with E-state index in [1.807, 2.05) is 30.3 Å². The number of nitrogens with one attached hydrogen (secondary N) is 2. The standard InChI is InChI=1S/C20H27N3O/c1-14(2)11-12-21-19-10-7-17(13-22-19)20(24)23-18-8-5-16(6-9-18)15(3)4/h5-10,13-15H,11-12H2,1-4H3,(H,21,22)(H,23,24). The Labute approximate surface area is 144 Å². The quantitative estimate of drug-likeness (QED) is 0.760. The first kappa shape index (κ1) is 18.0. The predicted molar refractivity (Wildman–Crippen MR) is 101 cm³/mol. The Hall–Kier alpha value is -2.36. The van der Waals surface area contributed by atoms with E-state index in [1.165, 1.54) is 5.56 Å². The zero-order chi connectivity index (χ0) is 17.5. The molecule has 0 aliphatic heterocycles. The van der Waals surface area contributed by atoms with Gasteiger partial charge in [0.2, 0.25) is 0 Å². The minimum absolute atomic E-state index is 0.145. The lowest BCUT2D eigenvalue weighted by atomic mass is 10.0. The fraction of sp³-hybridized carbons (Fsp3) is 0.400. The molecule has 1 heterocycles. The molecule has 0 atom stereocenters. The van der Waals surface area contributed by atoms with Crippen molar-refractivity contribution in [2.45, 2.75) is 40.0 Å². The van der Waals surface area contributed by atoms with E-state index in [0.717, 1.165) is 24.5 Å². The van der Waals surface area contributed by atoms with Gasteiger partial charge in [0.25, 0.3) is 5.91 Å². The molecule has 4 nitrogen and oxygen atoms in total. The number of hydrogen-bond acceptors (Lipinski definition) is 3. The van der Waals surface area contributed by atoms with Gasteiger partial charge in [0.05, 0.1) is 5.56 Å². The van der Waals surface area contributed by atoms with Gasteiger partial charge in [-0.1, -0.05) is 39.8 Å². The van der Waals surface area contributed by atoms with Crippen LogP contribution in [0.2, 0.25) is 0 Å². The molecule has 0 fully saturated rings. The van der Waals surface area contributed by atoms with Gasteiger partial charge in [0.1, 0.15) is 5.82 Å². The van der Waals surface area contributed by atoms with Crippen LogP contribution < -0.4 is 10.6 Å². The van der Waals surface area contributed by atoms with Crippen LogP contribution in [-0.4, -0.2) is 17.4 Å². The van der Waals surface area contributed by atoms with Crippen molar-refractivity contribution in [2.75, 3.05) is 17.2 Å². The second-order valence-corrected chi connectivity index (χ2v) is 6.77. The van der Waals surface area contributed by atoms with E-state index >= 15 is 0 Å². The van der Waals surface area contributed by atoms with Crippen LogP contribution in [0.15, 0.2) is 42.6 Å².